The van der Waals surface area contributed by atoms with Gasteiger partial charge in [0.25, 0.3) is 0 Å². The Labute approximate surface area is 188 Å². The zero-order valence-corrected chi connectivity index (χ0v) is 18.6. The summed E-state index contributed by atoms with van der Waals surface area (Å²) in [6.07, 6.45) is 4.73. The highest BCUT2D eigenvalue weighted by Crippen LogP contribution is 2.20. The van der Waals surface area contributed by atoms with Crippen LogP contribution in [-0.4, -0.2) is 73.0 Å². The first kappa shape index (κ1) is 22.1. The fraction of sp³-hybridized carbons (Fsp3) is 0.522. The van der Waals surface area contributed by atoms with Gasteiger partial charge in [-0.3, -0.25) is 4.79 Å². The molecule has 0 aliphatic carbocycles. The first-order valence-electron chi connectivity index (χ1n) is 11.3. The number of carbonyl (C=O) groups is 2. The second-order valence-corrected chi connectivity index (χ2v) is 8.49. The van der Waals surface area contributed by atoms with E-state index in [1.165, 1.54) is 0 Å². The number of amides is 3. The third-order valence-electron chi connectivity index (χ3n) is 6.27. The van der Waals surface area contributed by atoms with Crippen molar-refractivity contribution in [2.24, 2.45) is 5.92 Å². The molecule has 4 heterocycles. The van der Waals surface area contributed by atoms with Crippen molar-refractivity contribution in [2.75, 3.05) is 51.2 Å². The average molecular weight is 441 g/mol. The van der Waals surface area contributed by atoms with Crippen LogP contribution in [0.5, 0.6) is 0 Å². The van der Waals surface area contributed by atoms with Crippen LogP contribution in [-0.2, 0) is 17.9 Å². The number of anilines is 1. The maximum atomic E-state index is 12.7. The Kier molecular flexibility index (Phi) is 7.26. The monoisotopic (exact) mass is 440 g/mol. The van der Waals surface area contributed by atoms with Gasteiger partial charge in [0, 0.05) is 63.5 Å². The van der Waals surface area contributed by atoms with Crippen LogP contribution in [0.1, 0.15) is 24.2 Å². The summed E-state index contributed by atoms with van der Waals surface area (Å²) >= 11 is 0. The molecule has 0 bridgehead atoms. The molecule has 2 aromatic heterocycles. The molecular weight excluding hydrogens is 408 g/mol. The molecule has 9 nitrogen and oxygen atoms in total. The van der Waals surface area contributed by atoms with Crippen molar-refractivity contribution in [3.8, 4) is 0 Å². The second kappa shape index (κ2) is 10.5. The van der Waals surface area contributed by atoms with Crippen LogP contribution in [0.15, 0.2) is 41.1 Å². The minimum absolute atomic E-state index is 0.0219. The lowest BCUT2D eigenvalue weighted by Crippen LogP contribution is -2.47. The lowest BCUT2D eigenvalue weighted by molar-refractivity contribution is -0.126. The molecule has 2 aliphatic heterocycles. The average Bonchev–Trinajstić information content (AvgIpc) is 3.36. The van der Waals surface area contributed by atoms with E-state index in [9.17, 15) is 9.59 Å². The molecule has 32 heavy (non-hydrogen) atoms. The van der Waals surface area contributed by atoms with Gasteiger partial charge in [-0.25, -0.2) is 9.78 Å². The van der Waals surface area contributed by atoms with E-state index in [4.69, 9.17) is 4.42 Å². The number of pyridine rings is 1. The van der Waals surface area contributed by atoms with E-state index >= 15 is 0 Å². The third-order valence-corrected chi connectivity index (χ3v) is 6.27. The molecule has 4 rings (SSSR count). The van der Waals surface area contributed by atoms with Gasteiger partial charge in [-0.15, -0.1) is 0 Å². The topological polar surface area (TPSA) is 94.0 Å². The number of hydrogen-bond acceptors (Lipinski definition) is 6. The van der Waals surface area contributed by atoms with Crippen LogP contribution < -0.4 is 15.5 Å². The highest BCUT2D eigenvalue weighted by atomic mass is 16.3. The number of likely N-dealkylation sites (N-methyl/N-ethyl adjacent to an activating group) is 1. The molecule has 172 valence electrons. The summed E-state index contributed by atoms with van der Waals surface area (Å²) in [6.45, 7) is 5.87. The first-order chi connectivity index (χ1) is 15.6. The summed E-state index contributed by atoms with van der Waals surface area (Å²) in [5, 5.41) is 5.96. The Hall–Kier alpha value is -3.07. The Morgan fingerprint density at radius 3 is 2.53 bits per heavy atom. The minimum atomic E-state index is -0.0902. The van der Waals surface area contributed by atoms with E-state index in [1.807, 2.05) is 18.2 Å². The van der Waals surface area contributed by atoms with E-state index in [0.29, 0.717) is 39.0 Å². The molecule has 2 saturated heterocycles. The highest BCUT2D eigenvalue weighted by Gasteiger charge is 2.27. The van der Waals surface area contributed by atoms with Crippen molar-refractivity contribution in [2.45, 2.75) is 25.9 Å². The van der Waals surface area contributed by atoms with Crippen LogP contribution in [0.4, 0.5) is 10.6 Å². The Balaban J connectivity index is 1.23. The number of aromatic nitrogens is 1. The maximum absolute atomic E-state index is 12.7. The van der Waals surface area contributed by atoms with Crippen LogP contribution in [0, 0.1) is 5.92 Å². The highest BCUT2D eigenvalue weighted by molar-refractivity contribution is 5.79. The van der Waals surface area contributed by atoms with E-state index in [0.717, 1.165) is 43.3 Å². The lowest BCUT2D eigenvalue weighted by atomic mass is 9.96. The summed E-state index contributed by atoms with van der Waals surface area (Å²) in [5.41, 5.74) is 1.03. The van der Waals surface area contributed by atoms with Gasteiger partial charge in [-0.1, -0.05) is 6.07 Å². The third kappa shape index (κ3) is 5.59. The number of piperidine rings is 1. The number of piperazine rings is 1. The molecule has 0 spiro atoms. The first-order valence-corrected chi connectivity index (χ1v) is 11.3. The Morgan fingerprint density at radius 1 is 1.03 bits per heavy atom. The fourth-order valence-electron chi connectivity index (χ4n) is 4.23. The molecule has 0 unspecified atom stereocenters. The summed E-state index contributed by atoms with van der Waals surface area (Å²) in [5.74, 6) is 1.64. The van der Waals surface area contributed by atoms with Crippen LogP contribution in [0.25, 0.3) is 0 Å². The summed E-state index contributed by atoms with van der Waals surface area (Å²) < 4.78 is 5.25. The van der Waals surface area contributed by atoms with Crippen molar-refractivity contribution in [1.29, 1.82) is 0 Å². The van der Waals surface area contributed by atoms with E-state index in [2.05, 4.69) is 32.5 Å². The van der Waals surface area contributed by atoms with Gasteiger partial charge in [0.15, 0.2) is 0 Å². The van der Waals surface area contributed by atoms with Gasteiger partial charge in [0.2, 0.25) is 5.91 Å². The maximum Gasteiger partial charge on any atom is 0.317 e. The predicted octanol–water partition coefficient (Wildman–Crippen LogP) is 1.66. The van der Waals surface area contributed by atoms with Crippen molar-refractivity contribution in [1.82, 2.24) is 25.4 Å². The summed E-state index contributed by atoms with van der Waals surface area (Å²) in [7, 11) is 2.13. The molecule has 0 aromatic carbocycles. The van der Waals surface area contributed by atoms with E-state index in [-0.39, 0.29) is 17.9 Å². The van der Waals surface area contributed by atoms with Crippen LogP contribution in [0.3, 0.4) is 0 Å². The molecule has 2 N–H and O–H groups in total. The molecule has 0 saturated carbocycles. The quantitative estimate of drug-likeness (QED) is 0.710. The summed E-state index contributed by atoms with van der Waals surface area (Å²) in [6, 6.07) is 7.49. The van der Waals surface area contributed by atoms with Crippen molar-refractivity contribution in [3.05, 3.63) is 48.0 Å². The van der Waals surface area contributed by atoms with Gasteiger partial charge in [0.05, 0.1) is 12.8 Å². The molecular formula is C23H32N6O3. The largest absolute Gasteiger partial charge is 0.467 e. The van der Waals surface area contributed by atoms with Gasteiger partial charge in [0.1, 0.15) is 11.6 Å². The predicted molar refractivity (Wildman–Crippen MR) is 121 cm³/mol. The number of nitrogens with one attached hydrogen (secondary N) is 2. The van der Waals surface area contributed by atoms with Crippen LogP contribution in [0.2, 0.25) is 0 Å². The number of furan rings is 1. The zero-order chi connectivity index (χ0) is 22.3. The molecule has 9 heteroatoms. The fourth-order valence-corrected chi connectivity index (χ4v) is 4.23. The number of likely N-dealkylation sites (tertiary alicyclic amines) is 1. The van der Waals surface area contributed by atoms with Gasteiger partial charge in [-0.2, -0.15) is 0 Å². The minimum Gasteiger partial charge on any atom is -0.467 e. The van der Waals surface area contributed by atoms with Gasteiger partial charge >= 0.3 is 6.03 Å². The number of carbonyl (C=O) groups excluding carboxylic acids is 2. The van der Waals surface area contributed by atoms with Gasteiger partial charge in [-0.05, 0) is 38.1 Å². The molecule has 2 aliphatic rings. The van der Waals surface area contributed by atoms with Crippen LogP contribution >= 0.6 is 0 Å². The lowest BCUT2D eigenvalue weighted by Gasteiger charge is -2.34. The normalized spacial score (nSPS) is 17.9. The molecule has 0 atom stereocenters. The number of rotatable bonds is 6. The molecule has 2 fully saturated rings. The van der Waals surface area contributed by atoms with Crippen molar-refractivity contribution < 1.29 is 14.0 Å². The van der Waals surface area contributed by atoms with Gasteiger partial charge < -0.3 is 29.8 Å². The Morgan fingerprint density at radius 2 is 1.81 bits per heavy atom. The molecule has 0 radical (unpaired) electrons. The molecule has 3 amide bonds. The summed E-state index contributed by atoms with van der Waals surface area (Å²) in [4.78, 5) is 36.1. The van der Waals surface area contributed by atoms with E-state index in [1.54, 1.807) is 23.4 Å². The number of nitrogens with zero attached hydrogens (tertiary/aromatic N) is 4. The molecule has 2 aromatic rings. The van der Waals surface area contributed by atoms with Crippen molar-refractivity contribution in [3.63, 3.8) is 0 Å². The van der Waals surface area contributed by atoms with E-state index < -0.39 is 0 Å². The zero-order valence-electron chi connectivity index (χ0n) is 18.6. The standard InChI is InChI=1S/C23H32N6O3/c1-27-11-13-28(14-12-27)21-19(4-2-8-24-21)16-26-23(31)29-9-6-18(7-10-29)22(30)25-17-20-5-3-15-32-20/h2-5,8,15,18H,6-7,9-14,16-17H2,1H3,(H,25,30)(H,26,31). The van der Waals surface area contributed by atoms with Crippen molar-refractivity contribution >= 4 is 17.8 Å². The smallest absolute Gasteiger partial charge is 0.317 e. The number of hydrogen-bond donors (Lipinski definition) is 2. The number of urea groups is 1. The SMILES string of the molecule is CN1CCN(c2ncccc2CNC(=O)N2CCC(C(=O)NCc3ccco3)CC2)CC1. The second-order valence-electron chi connectivity index (χ2n) is 8.49. The Bertz CT molecular complexity index is 887.